The number of sulfone groups is 1. The van der Waals surface area contributed by atoms with Crippen molar-refractivity contribution in [3.05, 3.63) is 40.8 Å². The molecule has 0 saturated carbocycles. The third-order valence-electron chi connectivity index (χ3n) is 4.77. The Balaban J connectivity index is 1.80. The summed E-state index contributed by atoms with van der Waals surface area (Å²) >= 11 is 1.52. The van der Waals surface area contributed by atoms with Crippen molar-refractivity contribution in [3.8, 4) is 0 Å². The largest absolute Gasteiger partial charge is 0.382 e. The molecule has 0 aliphatic rings. The lowest BCUT2D eigenvalue weighted by Gasteiger charge is -2.09. The maximum absolute atomic E-state index is 13.4. The van der Waals surface area contributed by atoms with E-state index in [2.05, 4.69) is 20.6 Å². The summed E-state index contributed by atoms with van der Waals surface area (Å²) in [7, 11) is -3.88. The SMILES string of the molecule is CCOCCCNc1nc2c(S(=O)(=O)c3cc(C)ccc3C)nnn2c2ccsc12. The number of hydrogen-bond acceptors (Lipinski definition) is 8. The van der Waals surface area contributed by atoms with Crippen molar-refractivity contribution in [2.45, 2.75) is 37.1 Å². The normalized spacial score (nSPS) is 12.1. The van der Waals surface area contributed by atoms with Gasteiger partial charge in [-0.2, -0.15) is 4.52 Å². The average Bonchev–Trinajstić information content (AvgIpc) is 3.36. The van der Waals surface area contributed by atoms with Gasteiger partial charge in [-0.3, -0.25) is 0 Å². The van der Waals surface area contributed by atoms with Crippen LogP contribution >= 0.6 is 11.3 Å². The van der Waals surface area contributed by atoms with Crippen molar-refractivity contribution in [2.75, 3.05) is 25.1 Å². The van der Waals surface area contributed by atoms with Crippen molar-refractivity contribution in [1.82, 2.24) is 19.8 Å². The average molecular weight is 446 g/mol. The van der Waals surface area contributed by atoms with Crippen LogP contribution in [0.25, 0.3) is 15.9 Å². The van der Waals surface area contributed by atoms with E-state index in [1.165, 1.54) is 15.9 Å². The van der Waals surface area contributed by atoms with Crippen LogP contribution in [0.15, 0.2) is 39.6 Å². The van der Waals surface area contributed by atoms with Crippen LogP contribution in [0.4, 0.5) is 5.82 Å². The van der Waals surface area contributed by atoms with E-state index in [4.69, 9.17) is 4.74 Å². The number of thiophene rings is 1. The van der Waals surface area contributed by atoms with Crippen LogP contribution in [0, 0.1) is 13.8 Å². The molecule has 0 unspecified atom stereocenters. The monoisotopic (exact) mass is 445 g/mol. The smallest absolute Gasteiger partial charge is 0.229 e. The molecule has 0 atom stereocenters. The lowest BCUT2D eigenvalue weighted by Crippen LogP contribution is -2.09. The van der Waals surface area contributed by atoms with Crippen LogP contribution in [0.5, 0.6) is 0 Å². The van der Waals surface area contributed by atoms with Crippen molar-refractivity contribution >= 4 is 42.9 Å². The van der Waals surface area contributed by atoms with Gasteiger partial charge >= 0.3 is 0 Å². The van der Waals surface area contributed by atoms with Crippen LogP contribution in [0.3, 0.4) is 0 Å². The number of nitrogens with zero attached hydrogens (tertiary/aromatic N) is 4. The molecule has 0 aliphatic heterocycles. The summed E-state index contributed by atoms with van der Waals surface area (Å²) in [4.78, 5) is 4.84. The minimum absolute atomic E-state index is 0.137. The van der Waals surface area contributed by atoms with E-state index in [1.54, 1.807) is 19.1 Å². The second-order valence-electron chi connectivity index (χ2n) is 6.98. The topological polar surface area (TPSA) is 98.5 Å². The van der Waals surface area contributed by atoms with Gasteiger partial charge in [-0.1, -0.05) is 17.3 Å². The van der Waals surface area contributed by atoms with Crippen LogP contribution in [-0.2, 0) is 14.6 Å². The number of fused-ring (bicyclic) bond motifs is 3. The first kappa shape index (κ1) is 20.7. The van der Waals surface area contributed by atoms with E-state index in [1.807, 2.05) is 31.4 Å². The molecule has 3 aromatic heterocycles. The Morgan fingerprint density at radius 2 is 2.07 bits per heavy atom. The number of ether oxygens (including phenoxy) is 1. The van der Waals surface area contributed by atoms with E-state index in [0.717, 1.165) is 22.2 Å². The number of aromatic nitrogens is 4. The Morgan fingerprint density at radius 1 is 1.23 bits per heavy atom. The fourth-order valence-electron chi connectivity index (χ4n) is 3.24. The summed E-state index contributed by atoms with van der Waals surface area (Å²) in [6, 6.07) is 7.23. The van der Waals surface area contributed by atoms with Gasteiger partial charge in [0, 0.05) is 19.8 Å². The maximum Gasteiger partial charge on any atom is 0.229 e. The zero-order valence-electron chi connectivity index (χ0n) is 17.0. The lowest BCUT2D eigenvalue weighted by atomic mass is 10.2. The van der Waals surface area contributed by atoms with E-state index in [0.29, 0.717) is 31.1 Å². The molecule has 0 saturated heterocycles. The summed E-state index contributed by atoms with van der Waals surface area (Å²) in [5.41, 5.74) is 2.51. The van der Waals surface area contributed by atoms with Crippen LogP contribution in [0.1, 0.15) is 24.5 Å². The van der Waals surface area contributed by atoms with Gasteiger partial charge in [-0.15, -0.1) is 16.4 Å². The fourth-order valence-corrected chi connectivity index (χ4v) is 5.64. The van der Waals surface area contributed by atoms with E-state index >= 15 is 0 Å². The number of rotatable bonds is 8. The molecule has 0 radical (unpaired) electrons. The molecule has 4 rings (SSSR count). The molecule has 158 valence electrons. The first-order valence-corrected chi connectivity index (χ1v) is 12.1. The van der Waals surface area contributed by atoms with E-state index in [-0.39, 0.29) is 15.6 Å². The third kappa shape index (κ3) is 3.66. The van der Waals surface area contributed by atoms with Crippen molar-refractivity contribution in [3.63, 3.8) is 0 Å². The molecule has 1 aromatic carbocycles. The van der Waals surface area contributed by atoms with Crippen LogP contribution in [-0.4, -0.2) is 48.0 Å². The Morgan fingerprint density at radius 3 is 2.87 bits per heavy atom. The minimum atomic E-state index is -3.88. The van der Waals surface area contributed by atoms with Gasteiger partial charge < -0.3 is 10.1 Å². The van der Waals surface area contributed by atoms with Crippen molar-refractivity contribution in [1.29, 1.82) is 0 Å². The number of hydrogen-bond donors (Lipinski definition) is 1. The highest BCUT2D eigenvalue weighted by Gasteiger charge is 2.28. The fraction of sp³-hybridized carbons (Fsp3) is 0.350. The molecule has 3 heterocycles. The zero-order valence-corrected chi connectivity index (χ0v) is 18.7. The zero-order chi connectivity index (χ0) is 21.3. The molecule has 8 nitrogen and oxygen atoms in total. The Kier molecular flexibility index (Phi) is 5.72. The Labute approximate surface area is 178 Å². The third-order valence-corrected chi connectivity index (χ3v) is 7.47. The first-order valence-electron chi connectivity index (χ1n) is 9.70. The molecule has 4 aromatic rings. The number of anilines is 1. The first-order chi connectivity index (χ1) is 14.4. The summed E-state index contributed by atoms with van der Waals surface area (Å²) in [6.45, 7) is 7.59. The van der Waals surface area contributed by atoms with E-state index in [9.17, 15) is 8.42 Å². The summed E-state index contributed by atoms with van der Waals surface area (Å²) in [5, 5.41) is 13.2. The highest BCUT2D eigenvalue weighted by Crippen LogP contribution is 2.32. The van der Waals surface area contributed by atoms with Gasteiger partial charge in [-0.25, -0.2) is 13.4 Å². The molecule has 30 heavy (non-hydrogen) atoms. The van der Waals surface area contributed by atoms with Gasteiger partial charge in [0.1, 0.15) is 5.82 Å². The molecule has 0 fully saturated rings. The minimum Gasteiger partial charge on any atom is -0.382 e. The van der Waals surface area contributed by atoms with Gasteiger partial charge in [0.15, 0.2) is 5.65 Å². The van der Waals surface area contributed by atoms with Gasteiger partial charge in [0.25, 0.3) is 0 Å². The Hall–Kier alpha value is -2.56. The highest BCUT2D eigenvalue weighted by atomic mass is 32.2. The predicted octanol–water partition coefficient (Wildman–Crippen LogP) is 3.63. The molecule has 0 aliphatic carbocycles. The second-order valence-corrected chi connectivity index (χ2v) is 9.72. The number of aryl methyl sites for hydroxylation is 2. The standard InChI is InChI=1S/C20H23N5O3S2/c1-4-28-10-5-9-21-18-17-15(8-11-29-17)25-19(22-18)20(23-24-25)30(26,27)16-12-13(2)6-7-14(16)3/h6-8,11-12H,4-5,9-10H2,1-3H3,(H,21,22). The number of benzene rings is 1. The van der Waals surface area contributed by atoms with E-state index < -0.39 is 9.84 Å². The summed E-state index contributed by atoms with van der Waals surface area (Å²) in [6.07, 6.45) is 0.818. The highest BCUT2D eigenvalue weighted by molar-refractivity contribution is 7.91. The molecule has 0 bridgehead atoms. The quantitative estimate of drug-likeness (QED) is 0.414. The van der Waals surface area contributed by atoms with Gasteiger partial charge in [0.2, 0.25) is 14.9 Å². The maximum atomic E-state index is 13.4. The lowest BCUT2D eigenvalue weighted by molar-refractivity contribution is 0.147. The summed E-state index contributed by atoms with van der Waals surface area (Å²) in [5.74, 6) is 0.628. The summed E-state index contributed by atoms with van der Waals surface area (Å²) < 4.78 is 34.6. The second kappa shape index (κ2) is 8.29. The molecule has 10 heteroatoms. The van der Waals surface area contributed by atoms with Crippen LogP contribution < -0.4 is 5.32 Å². The van der Waals surface area contributed by atoms with Gasteiger partial charge in [0.05, 0.1) is 15.1 Å². The number of nitrogens with one attached hydrogen (secondary N) is 1. The Bertz CT molecular complexity index is 1310. The molecule has 1 N–H and O–H groups in total. The molecular weight excluding hydrogens is 422 g/mol. The van der Waals surface area contributed by atoms with Crippen molar-refractivity contribution in [2.24, 2.45) is 0 Å². The molecular formula is C20H23N5O3S2. The molecule has 0 amide bonds. The van der Waals surface area contributed by atoms with Gasteiger partial charge in [-0.05, 0) is 55.8 Å². The van der Waals surface area contributed by atoms with Crippen LogP contribution in [0.2, 0.25) is 0 Å². The van der Waals surface area contributed by atoms with Crippen molar-refractivity contribution < 1.29 is 13.2 Å². The predicted molar refractivity (Wildman–Crippen MR) is 117 cm³/mol. The molecule has 0 spiro atoms.